The summed E-state index contributed by atoms with van der Waals surface area (Å²) in [4.78, 5) is 10.9. The van der Waals surface area contributed by atoms with Crippen molar-refractivity contribution >= 4 is 5.97 Å². The molecule has 1 atom stereocenters. The Balaban J connectivity index is 2.10. The topological polar surface area (TPSA) is 37.3 Å². The summed E-state index contributed by atoms with van der Waals surface area (Å²) in [7, 11) is 0. The van der Waals surface area contributed by atoms with Gasteiger partial charge in [-0.2, -0.15) is 0 Å². The van der Waals surface area contributed by atoms with E-state index < -0.39 is 16.8 Å². The minimum atomic E-state index is -1.01. The Morgan fingerprint density at radius 2 is 1.43 bits per heavy atom. The zero-order valence-corrected chi connectivity index (χ0v) is 12.6. The number of aliphatic carboxylic acids is 1. The maximum absolute atomic E-state index is 13.3. The van der Waals surface area contributed by atoms with Crippen LogP contribution in [0.15, 0.2) is 60.7 Å². The van der Waals surface area contributed by atoms with E-state index in [1.165, 1.54) is 24.3 Å². The van der Waals surface area contributed by atoms with Crippen molar-refractivity contribution in [3.8, 4) is 0 Å². The number of rotatable bonds is 4. The average molecular weight is 314 g/mol. The van der Waals surface area contributed by atoms with Crippen LogP contribution >= 0.6 is 0 Å². The highest BCUT2D eigenvalue weighted by atomic mass is 19.1. The second-order valence-corrected chi connectivity index (χ2v) is 6.18. The second kappa shape index (κ2) is 5.30. The normalized spacial score (nSPS) is 22.2. The van der Waals surface area contributed by atoms with Gasteiger partial charge in [-0.25, -0.2) is 13.6 Å². The summed E-state index contributed by atoms with van der Waals surface area (Å²) in [6.45, 7) is 1.96. The Labute approximate surface area is 133 Å². The van der Waals surface area contributed by atoms with E-state index in [1.807, 2.05) is 6.92 Å². The van der Waals surface area contributed by atoms with E-state index in [9.17, 15) is 13.6 Å². The highest BCUT2D eigenvalue weighted by Crippen LogP contribution is 2.68. The molecule has 0 heterocycles. The zero-order valence-electron chi connectivity index (χ0n) is 12.6. The molecule has 1 aliphatic carbocycles. The van der Waals surface area contributed by atoms with Crippen molar-refractivity contribution in [2.45, 2.75) is 18.8 Å². The number of halogens is 2. The van der Waals surface area contributed by atoms with E-state index in [1.54, 1.807) is 30.3 Å². The molecule has 0 aromatic heterocycles. The SMILES string of the molecule is C[C@@]1(/C=C/C(=O)O)CC1(c1ccc(F)cc1)c1ccc(F)cc1. The number of allylic oxidation sites excluding steroid dienone is 1. The molecular formula is C19H16F2O2. The molecule has 2 aromatic rings. The molecule has 2 aromatic carbocycles. The number of carbonyl (C=O) groups is 1. The van der Waals surface area contributed by atoms with Gasteiger partial charge in [-0.15, -0.1) is 0 Å². The molecular weight excluding hydrogens is 298 g/mol. The number of hydrogen-bond acceptors (Lipinski definition) is 1. The maximum atomic E-state index is 13.3. The lowest BCUT2D eigenvalue weighted by molar-refractivity contribution is -0.131. The molecule has 0 spiro atoms. The highest BCUT2D eigenvalue weighted by molar-refractivity contribution is 5.80. The third-order valence-corrected chi connectivity index (χ3v) is 4.75. The fourth-order valence-corrected chi connectivity index (χ4v) is 3.46. The van der Waals surface area contributed by atoms with E-state index in [-0.39, 0.29) is 11.6 Å². The van der Waals surface area contributed by atoms with Gasteiger partial charge in [0.15, 0.2) is 0 Å². The predicted octanol–water partition coefficient (Wildman–Crippen LogP) is 4.30. The summed E-state index contributed by atoms with van der Waals surface area (Å²) in [6, 6.07) is 12.4. The first-order valence-corrected chi connectivity index (χ1v) is 7.32. The molecule has 0 unspecified atom stereocenters. The van der Waals surface area contributed by atoms with Gasteiger partial charge in [-0.05, 0) is 41.8 Å². The lowest BCUT2D eigenvalue weighted by atomic mass is 9.80. The first kappa shape index (κ1) is 15.4. The monoisotopic (exact) mass is 314 g/mol. The maximum Gasteiger partial charge on any atom is 0.327 e. The molecule has 1 saturated carbocycles. The van der Waals surface area contributed by atoms with Gasteiger partial charge in [-0.3, -0.25) is 0 Å². The molecule has 0 bridgehead atoms. The summed E-state index contributed by atoms with van der Waals surface area (Å²) >= 11 is 0. The van der Waals surface area contributed by atoms with Gasteiger partial charge < -0.3 is 5.11 Å². The number of carboxylic acid groups (broad SMARTS) is 1. The minimum Gasteiger partial charge on any atom is -0.478 e. The van der Waals surface area contributed by atoms with Gasteiger partial charge >= 0.3 is 5.97 Å². The third kappa shape index (κ3) is 2.54. The smallest absolute Gasteiger partial charge is 0.327 e. The molecule has 0 radical (unpaired) electrons. The second-order valence-electron chi connectivity index (χ2n) is 6.18. The van der Waals surface area contributed by atoms with Crippen LogP contribution in [0, 0.1) is 17.0 Å². The van der Waals surface area contributed by atoms with Gasteiger partial charge in [-0.1, -0.05) is 37.3 Å². The van der Waals surface area contributed by atoms with Gasteiger partial charge in [0.2, 0.25) is 0 Å². The molecule has 1 fully saturated rings. The molecule has 4 heteroatoms. The van der Waals surface area contributed by atoms with Crippen molar-refractivity contribution < 1.29 is 18.7 Å². The minimum absolute atomic E-state index is 0.327. The Morgan fingerprint density at radius 1 is 1.00 bits per heavy atom. The van der Waals surface area contributed by atoms with Gasteiger partial charge in [0.05, 0.1) is 0 Å². The molecule has 1 N–H and O–H groups in total. The molecule has 118 valence electrons. The lowest BCUT2D eigenvalue weighted by Crippen LogP contribution is -2.17. The van der Waals surface area contributed by atoms with Crippen LogP contribution in [0.3, 0.4) is 0 Å². The molecule has 0 aliphatic heterocycles. The Bertz CT molecular complexity index is 717. The number of hydrogen-bond donors (Lipinski definition) is 1. The fourth-order valence-electron chi connectivity index (χ4n) is 3.46. The van der Waals surface area contributed by atoms with E-state index in [0.29, 0.717) is 6.42 Å². The van der Waals surface area contributed by atoms with Gasteiger partial charge in [0.25, 0.3) is 0 Å². The first-order chi connectivity index (χ1) is 10.9. The van der Waals surface area contributed by atoms with E-state index in [4.69, 9.17) is 5.11 Å². The van der Waals surface area contributed by atoms with Crippen molar-refractivity contribution in [2.75, 3.05) is 0 Å². The zero-order chi connectivity index (χ0) is 16.7. The Morgan fingerprint density at radius 3 is 1.83 bits per heavy atom. The van der Waals surface area contributed by atoms with Crippen molar-refractivity contribution in [1.82, 2.24) is 0 Å². The highest BCUT2D eigenvalue weighted by Gasteiger charge is 2.64. The summed E-state index contributed by atoms with van der Waals surface area (Å²) in [6.07, 6.45) is 3.48. The van der Waals surface area contributed by atoms with Crippen LogP contribution in [-0.2, 0) is 10.2 Å². The molecule has 3 rings (SSSR count). The van der Waals surface area contributed by atoms with Crippen LogP contribution < -0.4 is 0 Å². The molecule has 23 heavy (non-hydrogen) atoms. The molecule has 0 amide bonds. The first-order valence-electron chi connectivity index (χ1n) is 7.32. The van der Waals surface area contributed by atoms with E-state index >= 15 is 0 Å². The quantitative estimate of drug-likeness (QED) is 0.854. The van der Waals surface area contributed by atoms with Crippen LogP contribution in [-0.4, -0.2) is 11.1 Å². The van der Waals surface area contributed by atoms with Crippen LogP contribution in [0.1, 0.15) is 24.5 Å². The summed E-state index contributed by atoms with van der Waals surface area (Å²) < 4.78 is 26.5. The van der Waals surface area contributed by atoms with Crippen LogP contribution in [0.25, 0.3) is 0 Å². The largest absolute Gasteiger partial charge is 0.478 e. The lowest BCUT2D eigenvalue weighted by Gasteiger charge is -2.22. The van der Waals surface area contributed by atoms with E-state index in [2.05, 4.69) is 0 Å². The Hall–Kier alpha value is -2.49. The molecule has 0 saturated heterocycles. The van der Waals surface area contributed by atoms with E-state index in [0.717, 1.165) is 17.2 Å². The van der Waals surface area contributed by atoms with Gasteiger partial charge in [0, 0.05) is 16.9 Å². The third-order valence-electron chi connectivity index (χ3n) is 4.75. The molecule has 2 nitrogen and oxygen atoms in total. The van der Waals surface area contributed by atoms with Gasteiger partial charge in [0.1, 0.15) is 11.6 Å². The van der Waals surface area contributed by atoms with Crippen molar-refractivity contribution in [3.63, 3.8) is 0 Å². The number of benzene rings is 2. The standard InChI is InChI=1S/C19H16F2O2/c1-18(11-10-17(22)23)12-19(18,13-2-6-15(20)7-3-13)14-4-8-16(21)9-5-14/h2-11H,12H2,1H3,(H,22,23)/b11-10+/t18-/m1/s1. The van der Waals surface area contributed by atoms with Crippen molar-refractivity contribution in [2.24, 2.45) is 5.41 Å². The summed E-state index contributed by atoms with van der Waals surface area (Å²) in [5, 5.41) is 8.90. The average Bonchev–Trinajstić information content (AvgIpc) is 3.14. The van der Waals surface area contributed by atoms with Crippen molar-refractivity contribution in [1.29, 1.82) is 0 Å². The number of carboxylic acids is 1. The van der Waals surface area contributed by atoms with Crippen LogP contribution in [0.2, 0.25) is 0 Å². The Kier molecular flexibility index (Phi) is 3.55. The summed E-state index contributed by atoms with van der Waals surface area (Å²) in [5.74, 6) is -1.66. The predicted molar refractivity (Wildman–Crippen MR) is 83.1 cm³/mol. The summed E-state index contributed by atoms with van der Waals surface area (Å²) in [5.41, 5.74) is 0.896. The fraction of sp³-hybridized carbons (Fsp3) is 0.211. The van der Waals surface area contributed by atoms with Crippen molar-refractivity contribution in [3.05, 3.63) is 83.4 Å². The van der Waals surface area contributed by atoms with Crippen LogP contribution in [0.5, 0.6) is 0 Å². The molecule has 1 aliphatic rings. The van der Waals surface area contributed by atoms with Crippen LogP contribution in [0.4, 0.5) is 8.78 Å².